The third kappa shape index (κ3) is 9.57. The monoisotopic (exact) mass is 698 g/mol. The van der Waals surface area contributed by atoms with Crippen molar-refractivity contribution in [3.8, 4) is 22.6 Å². The van der Waals surface area contributed by atoms with E-state index in [9.17, 15) is 14.4 Å². The van der Waals surface area contributed by atoms with E-state index in [4.69, 9.17) is 18.9 Å². The molecule has 9 heteroatoms. The molecule has 1 atom stereocenters. The fraction of sp³-hybridized carbons (Fsp3) is 0.233. The Kier molecular flexibility index (Phi) is 11.2. The molecule has 0 aromatic heterocycles. The average Bonchev–Trinajstić information content (AvgIpc) is 3.46. The Labute approximate surface area is 303 Å². The largest absolute Gasteiger partial charge is 0.489 e. The average molecular weight is 699 g/mol. The van der Waals surface area contributed by atoms with Crippen molar-refractivity contribution in [2.24, 2.45) is 0 Å². The summed E-state index contributed by atoms with van der Waals surface area (Å²) in [4.78, 5) is 39.3. The fourth-order valence-electron chi connectivity index (χ4n) is 6.10. The third-order valence-corrected chi connectivity index (χ3v) is 8.44. The van der Waals surface area contributed by atoms with Crippen LogP contribution in [-0.4, -0.2) is 42.8 Å². The van der Waals surface area contributed by atoms with E-state index in [1.165, 1.54) is 0 Å². The minimum atomic E-state index is -0.988. The molecule has 0 heterocycles. The number of hydrogen-bond donors (Lipinski definition) is 2. The van der Waals surface area contributed by atoms with E-state index in [1.54, 1.807) is 45.0 Å². The van der Waals surface area contributed by atoms with E-state index >= 15 is 0 Å². The van der Waals surface area contributed by atoms with E-state index in [1.807, 2.05) is 78.9 Å². The van der Waals surface area contributed by atoms with Crippen LogP contribution in [-0.2, 0) is 32.1 Å². The van der Waals surface area contributed by atoms with Crippen molar-refractivity contribution in [1.29, 1.82) is 0 Å². The molecule has 0 bridgehead atoms. The van der Waals surface area contributed by atoms with Gasteiger partial charge < -0.3 is 29.6 Å². The molecule has 5 aromatic carbocycles. The Bertz CT molecular complexity index is 1960. The van der Waals surface area contributed by atoms with Crippen LogP contribution >= 0.6 is 0 Å². The predicted molar refractivity (Wildman–Crippen MR) is 199 cm³/mol. The Morgan fingerprint density at radius 1 is 0.692 bits per heavy atom. The molecule has 1 aliphatic rings. The summed E-state index contributed by atoms with van der Waals surface area (Å²) >= 11 is 0. The molecular weight excluding hydrogens is 656 g/mol. The molecule has 0 saturated heterocycles. The lowest BCUT2D eigenvalue weighted by molar-refractivity contribution is -0.157. The summed E-state index contributed by atoms with van der Waals surface area (Å²) < 4.78 is 22.7. The van der Waals surface area contributed by atoms with Gasteiger partial charge in [0.2, 0.25) is 5.91 Å². The van der Waals surface area contributed by atoms with Crippen molar-refractivity contribution in [3.05, 3.63) is 150 Å². The zero-order valence-corrected chi connectivity index (χ0v) is 29.5. The number of esters is 1. The standard InChI is InChI=1S/C43H42N2O7/c1-43(2,3)52-40(46)28-50-33-15-11-14-31(25-33)44-41(47)39(24-29-20-22-32(23-21-29)49-26-30-12-5-4-6-13-30)45-42(48)51-27-38-36-18-9-7-16-34(36)35-17-8-10-19-37(35)38/h4-23,25,38-39H,24,26-28H2,1-3H3,(H,44,47)(H,45,48)/t39-/m0/s1. The molecule has 6 rings (SSSR count). The van der Waals surface area contributed by atoms with Crippen LogP contribution in [0.4, 0.5) is 10.5 Å². The smallest absolute Gasteiger partial charge is 0.407 e. The van der Waals surface area contributed by atoms with Crippen LogP contribution in [0.3, 0.4) is 0 Å². The first kappa shape index (κ1) is 35.7. The molecule has 0 radical (unpaired) electrons. The highest BCUT2D eigenvalue weighted by Crippen LogP contribution is 2.44. The molecule has 9 nitrogen and oxygen atoms in total. The molecule has 52 heavy (non-hydrogen) atoms. The molecule has 0 aliphatic heterocycles. The highest BCUT2D eigenvalue weighted by atomic mass is 16.6. The molecule has 2 amide bonds. The number of amides is 2. The minimum Gasteiger partial charge on any atom is -0.489 e. The number of benzene rings is 5. The van der Waals surface area contributed by atoms with E-state index < -0.39 is 29.6 Å². The van der Waals surface area contributed by atoms with Gasteiger partial charge in [-0.2, -0.15) is 0 Å². The van der Waals surface area contributed by atoms with Crippen LogP contribution in [0.25, 0.3) is 11.1 Å². The summed E-state index contributed by atoms with van der Waals surface area (Å²) in [5.41, 5.74) is 6.08. The number of rotatable bonds is 13. The molecular formula is C43H42N2O7. The number of ether oxygens (including phenoxy) is 4. The summed E-state index contributed by atoms with van der Waals surface area (Å²) in [6, 6.07) is 39.2. The van der Waals surface area contributed by atoms with Crippen molar-refractivity contribution >= 4 is 23.7 Å². The molecule has 0 fully saturated rings. The number of carbonyl (C=O) groups excluding carboxylic acids is 3. The summed E-state index contributed by atoms with van der Waals surface area (Å²) in [7, 11) is 0. The number of anilines is 1. The number of hydrogen-bond acceptors (Lipinski definition) is 7. The second-order valence-electron chi connectivity index (χ2n) is 13.5. The molecule has 2 N–H and O–H groups in total. The van der Waals surface area contributed by atoms with E-state index in [-0.39, 0.29) is 25.6 Å². The maximum Gasteiger partial charge on any atom is 0.407 e. The second-order valence-corrected chi connectivity index (χ2v) is 13.5. The van der Waals surface area contributed by atoms with E-state index in [0.717, 1.165) is 33.4 Å². The van der Waals surface area contributed by atoms with Gasteiger partial charge in [0.05, 0.1) is 0 Å². The number of carbonyl (C=O) groups is 3. The van der Waals surface area contributed by atoms with Crippen molar-refractivity contribution in [2.45, 2.75) is 51.4 Å². The van der Waals surface area contributed by atoms with Crippen LogP contribution in [0.2, 0.25) is 0 Å². The van der Waals surface area contributed by atoms with Crippen LogP contribution in [0.15, 0.2) is 127 Å². The maximum atomic E-state index is 13.8. The summed E-state index contributed by atoms with van der Waals surface area (Å²) in [6.07, 6.45) is -0.525. The van der Waals surface area contributed by atoms with Gasteiger partial charge in [0.25, 0.3) is 0 Å². The number of fused-ring (bicyclic) bond motifs is 3. The first-order valence-corrected chi connectivity index (χ1v) is 17.2. The lowest BCUT2D eigenvalue weighted by Gasteiger charge is -2.21. The fourth-order valence-corrected chi connectivity index (χ4v) is 6.10. The molecule has 0 saturated carbocycles. The highest BCUT2D eigenvalue weighted by molar-refractivity contribution is 5.97. The number of nitrogens with one attached hydrogen (secondary N) is 2. The van der Waals surface area contributed by atoms with Crippen molar-refractivity contribution in [1.82, 2.24) is 5.32 Å². The lowest BCUT2D eigenvalue weighted by atomic mass is 9.98. The first-order valence-electron chi connectivity index (χ1n) is 17.2. The maximum absolute atomic E-state index is 13.8. The van der Waals surface area contributed by atoms with Gasteiger partial charge in [-0.15, -0.1) is 0 Å². The van der Waals surface area contributed by atoms with E-state index in [0.29, 0.717) is 23.8 Å². The van der Waals surface area contributed by atoms with Gasteiger partial charge in [0, 0.05) is 24.1 Å². The van der Waals surface area contributed by atoms with Crippen LogP contribution in [0.1, 0.15) is 48.9 Å². The normalized spacial score (nSPS) is 12.5. The van der Waals surface area contributed by atoms with Crippen LogP contribution in [0, 0.1) is 0 Å². The predicted octanol–water partition coefficient (Wildman–Crippen LogP) is 8.07. The van der Waals surface area contributed by atoms with Gasteiger partial charge in [-0.3, -0.25) is 4.79 Å². The van der Waals surface area contributed by atoms with Crippen LogP contribution in [0.5, 0.6) is 11.5 Å². The molecule has 5 aromatic rings. The third-order valence-electron chi connectivity index (χ3n) is 8.44. The first-order chi connectivity index (χ1) is 25.1. The molecule has 0 spiro atoms. The van der Waals surface area contributed by atoms with Gasteiger partial charge in [-0.25, -0.2) is 9.59 Å². The Hall–Kier alpha value is -6.09. The Morgan fingerprint density at radius 3 is 2.02 bits per heavy atom. The zero-order chi connectivity index (χ0) is 36.5. The Morgan fingerprint density at radius 2 is 1.35 bits per heavy atom. The summed E-state index contributed by atoms with van der Waals surface area (Å²) in [5.74, 6) is -0.0395. The van der Waals surface area contributed by atoms with Crippen molar-refractivity contribution < 1.29 is 33.3 Å². The quantitative estimate of drug-likeness (QED) is 0.120. The van der Waals surface area contributed by atoms with E-state index in [2.05, 4.69) is 34.9 Å². The zero-order valence-electron chi connectivity index (χ0n) is 29.5. The SMILES string of the molecule is CC(C)(C)OC(=O)COc1cccc(NC(=O)[C@H](Cc2ccc(OCc3ccccc3)cc2)NC(=O)OCC2c3ccccc3-c3ccccc32)c1. The summed E-state index contributed by atoms with van der Waals surface area (Å²) in [5, 5.41) is 5.68. The Balaban J connectivity index is 1.13. The van der Waals surface area contributed by atoms with Gasteiger partial charge in [-0.1, -0.05) is 97.1 Å². The minimum absolute atomic E-state index is 0.110. The molecule has 0 unspecified atom stereocenters. The summed E-state index contributed by atoms with van der Waals surface area (Å²) in [6.45, 7) is 5.59. The van der Waals surface area contributed by atoms with Gasteiger partial charge in [-0.05, 0) is 78.4 Å². The topological polar surface area (TPSA) is 112 Å². The van der Waals surface area contributed by atoms with Crippen molar-refractivity contribution in [2.75, 3.05) is 18.5 Å². The van der Waals surface area contributed by atoms with Gasteiger partial charge >= 0.3 is 12.1 Å². The second kappa shape index (κ2) is 16.3. The molecule has 1 aliphatic carbocycles. The highest BCUT2D eigenvalue weighted by Gasteiger charge is 2.30. The van der Waals surface area contributed by atoms with Crippen molar-refractivity contribution in [3.63, 3.8) is 0 Å². The van der Waals surface area contributed by atoms with Crippen LogP contribution < -0.4 is 20.1 Å². The lowest BCUT2D eigenvalue weighted by Crippen LogP contribution is -2.45. The molecule has 266 valence electrons. The van der Waals surface area contributed by atoms with Gasteiger partial charge in [0.15, 0.2) is 6.61 Å². The number of alkyl carbamates (subject to hydrolysis) is 1. The van der Waals surface area contributed by atoms with Gasteiger partial charge in [0.1, 0.15) is 36.4 Å².